The van der Waals surface area contributed by atoms with Crippen LogP contribution in [0.15, 0.2) is 0 Å². The number of carboxylic acids is 1. The molecular weight excluding hydrogens is 517 g/mol. The number of carbonyl (C=O) groups is 1. The quantitative estimate of drug-likeness (QED) is 0.400. The minimum absolute atomic E-state index is 0. The van der Waals surface area contributed by atoms with Gasteiger partial charge in [-0.15, -0.1) is 0 Å². The second kappa shape index (κ2) is 8.95. The van der Waals surface area contributed by atoms with Crippen LogP contribution in [0.4, 0.5) is 65.9 Å². The molecule has 0 aromatic rings. The smallest absolute Gasteiger partial charge is 0.460 e. The fourth-order valence-electron chi connectivity index (χ4n) is 1.10. The van der Waals surface area contributed by atoms with E-state index in [2.05, 4.69) is 0 Å². The molecule has 19 heteroatoms. The minimum atomic E-state index is -8.47. The standard InChI is InChI=1S/C8HF15O2.C2H6O.Cu/c9-2(10,1(24)25)3(11,12)4(13,14)5(15,16)6(17,18)7(19,20)8(21,22)23;1-2-3;/h(H,24,25);3H,2H2,1H3;. The molecule has 3 nitrogen and oxygen atoms in total. The van der Waals surface area contributed by atoms with Crippen molar-refractivity contribution in [1.82, 2.24) is 0 Å². The molecule has 0 spiro atoms. The molecule has 0 aliphatic rings. The molecule has 181 valence electrons. The van der Waals surface area contributed by atoms with Crippen LogP contribution in [-0.2, 0) is 21.9 Å². The molecule has 0 bridgehead atoms. The summed E-state index contributed by atoms with van der Waals surface area (Å²) in [4.78, 5) is 9.72. The number of rotatable bonds is 6. The van der Waals surface area contributed by atoms with Gasteiger partial charge < -0.3 is 10.2 Å². The molecular formula is C10H7CuF15O3. The van der Waals surface area contributed by atoms with Gasteiger partial charge in [-0.05, 0) is 6.92 Å². The van der Waals surface area contributed by atoms with E-state index < -0.39 is 47.7 Å². The molecule has 0 aromatic carbocycles. The zero-order chi connectivity index (χ0) is 23.8. The van der Waals surface area contributed by atoms with E-state index in [-0.39, 0.29) is 23.7 Å². The summed E-state index contributed by atoms with van der Waals surface area (Å²) in [6.07, 6.45) is -7.69. The number of aliphatic carboxylic acids is 1. The molecule has 0 heterocycles. The van der Waals surface area contributed by atoms with Crippen LogP contribution in [0.3, 0.4) is 0 Å². The minimum Gasteiger partial charge on any atom is -0.477 e. The second-order valence-corrected chi connectivity index (χ2v) is 4.57. The van der Waals surface area contributed by atoms with E-state index in [1.807, 2.05) is 0 Å². The van der Waals surface area contributed by atoms with Gasteiger partial charge in [0.2, 0.25) is 0 Å². The normalized spacial score (nSPS) is 14.5. The molecule has 0 rings (SSSR count). The zero-order valence-electron chi connectivity index (χ0n) is 13.0. The van der Waals surface area contributed by atoms with Crippen molar-refractivity contribution in [3.63, 3.8) is 0 Å². The van der Waals surface area contributed by atoms with E-state index in [1.165, 1.54) is 0 Å². The molecule has 0 aliphatic heterocycles. The average molecular weight is 524 g/mol. The maximum absolute atomic E-state index is 12.8. The summed E-state index contributed by atoms with van der Waals surface area (Å²) < 4.78 is 187. The maximum Gasteiger partial charge on any atom is 0.460 e. The van der Waals surface area contributed by atoms with E-state index in [1.54, 1.807) is 6.92 Å². The third-order valence-electron chi connectivity index (χ3n) is 2.60. The van der Waals surface area contributed by atoms with E-state index in [9.17, 15) is 70.7 Å². The molecule has 0 aromatic heterocycles. The number of carboxylic acid groups (broad SMARTS) is 1. The van der Waals surface area contributed by atoms with Gasteiger partial charge in [0.15, 0.2) is 0 Å². The number of aliphatic hydroxyl groups is 1. The Morgan fingerprint density at radius 2 is 0.828 bits per heavy atom. The van der Waals surface area contributed by atoms with Crippen LogP contribution in [0.25, 0.3) is 0 Å². The van der Waals surface area contributed by atoms with Gasteiger partial charge >= 0.3 is 47.7 Å². The molecule has 0 saturated carbocycles. The largest absolute Gasteiger partial charge is 0.477 e. The van der Waals surface area contributed by atoms with Crippen molar-refractivity contribution in [3.05, 3.63) is 0 Å². The first-order valence-corrected chi connectivity index (χ1v) is 6.04. The topological polar surface area (TPSA) is 57.5 Å². The SMILES string of the molecule is CCO.O=C(O)C(F)(F)C(F)(F)C(F)(F)C(F)(F)C(F)(F)C(F)(F)C(F)(F)F.[Cu]. The number of alkyl halides is 15. The van der Waals surface area contributed by atoms with Gasteiger partial charge in [0.05, 0.1) is 0 Å². The van der Waals surface area contributed by atoms with Crippen molar-refractivity contribution >= 4 is 5.97 Å². The van der Waals surface area contributed by atoms with Gasteiger partial charge in [-0.25, -0.2) is 4.79 Å². The van der Waals surface area contributed by atoms with E-state index in [0.717, 1.165) is 0 Å². The fraction of sp³-hybridized carbons (Fsp3) is 0.900. The zero-order valence-corrected chi connectivity index (χ0v) is 13.9. The third-order valence-corrected chi connectivity index (χ3v) is 2.60. The molecule has 0 aliphatic carbocycles. The van der Waals surface area contributed by atoms with E-state index in [0.29, 0.717) is 0 Å². The number of aliphatic hydroxyl groups excluding tert-OH is 1. The molecule has 2 N–H and O–H groups in total. The van der Waals surface area contributed by atoms with Crippen molar-refractivity contribution in [2.24, 2.45) is 0 Å². The van der Waals surface area contributed by atoms with Crippen molar-refractivity contribution in [1.29, 1.82) is 0 Å². The Hall–Kier alpha value is -1.10. The third kappa shape index (κ3) is 4.81. The predicted molar refractivity (Wildman–Crippen MR) is 56.1 cm³/mol. The first kappa shape index (κ1) is 32.6. The molecule has 1 radical (unpaired) electrons. The first-order valence-electron chi connectivity index (χ1n) is 6.04. The van der Waals surface area contributed by atoms with Gasteiger partial charge in [0.1, 0.15) is 0 Å². The van der Waals surface area contributed by atoms with E-state index in [4.69, 9.17) is 10.2 Å². The summed E-state index contributed by atoms with van der Waals surface area (Å²) in [7, 11) is 0. The Balaban J connectivity index is -0.00000158. The Kier molecular flexibility index (Phi) is 10.0. The van der Waals surface area contributed by atoms with Crippen molar-refractivity contribution in [3.8, 4) is 0 Å². The number of hydrogen-bond acceptors (Lipinski definition) is 2. The predicted octanol–water partition coefficient (Wildman–Crippen LogP) is 4.44. The maximum atomic E-state index is 12.8. The fourth-order valence-corrected chi connectivity index (χ4v) is 1.10. The Labute approximate surface area is 160 Å². The molecule has 0 fully saturated rings. The summed E-state index contributed by atoms with van der Waals surface area (Å²) in [6.45, 7) is 1.93. The average Bonchev–Trinajstić information content (AvgIpc) is 2.45. The summed E-state index contributed by atoms with van der Waals surface area (Å²) in [5.74, 6) is -52.8. The monoisotopic (exact) mass is 523 g/mol. The Bertz CT molecular complexity index is 557. The number of hydrogen-bond donors (Lipinski definition) is 2. The number of halogens is 15. The van der Waals surface area contributed by atoms with Crippen molar-refractivity contribution in [2.45, 2.75) is 48.6 Å². The summed E-state index contributed by atoms with van der Waals surface area (Å²) in [5.41, 5.74) is 0. The second-order valence-electron chi connectivity index (χ2n) is 4.57. The molecule has 0 amide bonds. The van der Waals surface area contributed by atoms with Crippen molar-refractivity contribution in [2.75, 3.05) is 6.61 Å². The van der Waals surface area contributed by atoms with Crippen LogP contribution in [-0.4, -0.2) is 64.5 Å². The summed E-state index contributed by atoms with van der Waals surface area (Å²) >= 11 is 0. The first-order chi connectivity index (χ1) is 11.9. The van der Waals surface area contributed by atoms with Crippen LogP contribution >= 0.6 is 0 Å². The van der Waals surface area contributed by atoms with Crippen LogP contribution in [0.2, 0.25) is 0 Å². The summed E-state index contributed by atoms with van der Waals surface area (Å²) in [5, 5.41) is 15.1. The summed E-state index contributed by atoms with van der Waals surface area (Å²) in [6, 6.07) is 0. The van der Waals surface area contributed by atoms with Gasteiger partial charge in [-0.2, -0.15) is 65.9 Å². The van der Waals surface area contributed by atoms with Crippen molar-refractivity contribution < 1.29 is 97.9 Å². The van der Waals surface area contributed by atoms with Crippen LogP contribution < -0.4 is 0 Å². The Morgan fingerprint density at radius 1 is 0.621 bits per heavy atom. The van der Waals surface area contributed by atoms with Gasteiger partial charge in [0, 0.05) is 23.7 Å². The van der Waals surface area contributed by atoms with Gasteiger partial charge in [-0.1, -0.05) is 0 Å². The van der Waals surface area contributed by atoms with Gasteiger partial charge in [0.25, 0.3) is 0 Å². The van der Waals surface area contributed by atoms with Crippen LogP contribution in [0.5, 0.6) is 0 Å². The molecule has 0 unspecified atom stereocenters. The molecule has 0 atom stereocenters. The molecule has 29 heavy (non-hydrogen) atoms. The Morgan fingerprint density at radius 3 is 1.03 bits per heavy atom. The van der Waals surface area contributed by atoms with Gasteiger partial charge in [-0.3, -0.25) is 0 Å². The van der Waals surface area contributed by atoms with E-state index >= 15 is 0 Å². The van der Waals surface area contributed by atoms with Crippen LogP contribution in [0, 0.1) is 0 Å². The van der Waals surface area contributed by atoms with Crippen LogP contribution in [0.1, 0.15) is 6.92 Å². The molecule has 0 saturated heterocycles.